The molecule has 1 aliphatic carbocycles. The Labute approximate surface area is 126 Å². The van der Waals surface area contributed by atoms with Crippen LogP contribution >= 0.6 is 12.4 Å². The van der Waals surface area contributed by atoms with E-state index >= 15 is 0 Å². The molecule has 1 amide bonds. The molecule has 110 valence electrons. The molecule has 0 bridgehead atoms. The van der Waals surface area contributed by atoms with Crippen molar-refractivity contribution in [2.45, 2.75) is 44.2 Å². The molecule has 1 saturated carbocycles. The first-order valence-corrected chi connectivity index (χ1v) is 7.21. The summed E-state index contributed by atoms with van der Waals surface area (Å²) in [4.78, 5) is 18.8. The Morgan fingerprint density at radius 2 is 2.00 bits per heavy atom. The van der Waals surface area contributed by atoms with Crippen molar-refractivity contribution >= 4 is 18.3 Å². The summed E-state index contributed by atoms with van der Waals surface area (Å²) in [6.45, 7) is 0.886. The van der Waals surface area contributed by atoms with Crippen LogP contribution in [0, 0.1) is 5.92 Å². The molecule has 20 heavy (non-hydrogen) atoms. The van der Waals surface area contributed by atoms with Gasteiger partial charge in [0.25, 0.3) is 0 Å². The lowest BCUT2D eigenvalue weighted by atomic mass is 10.0. The number of hydrogen-bond acceptors (Lipinski definition) is 3. The third kappa shape index (κ3) is 2.96. The average Bonchev–Trinajstić information content (AvgIpc) is 3.07. The van der Waals surface area contributed by atoms with Crippen molar-refractivity contribution in [1.29, 1.82) is 0 Å². The zero-order valence-corrected chi connectivity index (χ0v) is 12.4. The van der Waals surface area contributed by atoms with E-state index in [1.54, 1.807) is 0 Å². The minimum atomic E-state index is 0. The van der Waals surface area contributed by atoms with E-state index in [2.05, 4.69) is 9.88 Å². The van der Waals surface area contributed by atoms with Crippen molar-refractivity contribution in [2.75, 3.05) is 6.54 Å². The van der Waals surface area contributed by atoms with Crippen molar-refractivity contribution in [2.24, 2.45) is 11.7 Å². The SMILES string of the molecule is Cl.NC1CCC(C(=O)N2CCCC2c2ccncc2)C1. The van der Waals surface area contributed by atoms with Gasteiger partial charge in [-0.3, -0.25) is 9.78 Å². The maximum atomic E-state index is 12.6. The molecule has 2 fully saturated rings. The molecule has 1 saturated heterocycles. The number of carbonyl (C=O) groups excluding carboxylic acids is 1. The molecule has 5 heteroatoms. The van der Waals surface area contributed by atoms with Gasteiger partial charge < -0.3 is 10.6 Å². The molecule has 0 spiro atoms. The number of nitrogens with zero attached hydrogens (tertiary/aromatic N) is 2. The number of aromatic nitrogens is 1. The van der Waals surface area contributed by atoms with Crippen LogP contribution in [0.5, 0.6) is 0 Å². The molecule has 2 N–H and O–H groups in total. The van der Waals surface area contributed by atoms with Gasteiger partial charge in [0.2, 0.25) is 5.91 Å². The first-order chi connectivity index (χ1) is 9.25. The molecule has 1 aromatic rings. The van der Waals surface area contributed by atoms with Crippen molar-refractivity contribution in [3.8, 4) is 0 Å². The van der Waals surface area contributed by atoms with E-state index in [9.17, 15) is 4.79 Å². The summed E-state index contributed by atoms with van der Waals surface area (Å²) in [5, 5.41) is 0. The third-order valence-electron chi connectivity index (χ3n) is 4.45. The highest BCUT2D eigenvalue weighted by Gasteiger charge is 2.36. The quantitative estimate of drug-likeness (QED) is 0.911. The predicted molar refractivity (Wildman–Crippen MR) is 80.5 cm³/mol. The summed E-state index contributed by atoms with van der Waals surface area (Å²) < 4.78 is 0. The molecule has 0 radical (unpaired) electrons. The monoisotopic (exact) mass is 295 g/mol. The molecule has 4 nitrogen and oxygen atoms in total. The molecule has 2 aliphatic rings. The topological polar surface area (TPSA) is 59.2 Å². The van der Waals surface area contributed by atoms with Crippen LogP contribution in [0.1, 0.15) is 43.7 Å². The largest absolute Gasteiger partial charge is 0.335 e. The molecular formula is C15H22ClN3O. The highest BCUT2D eigenvalue weighted by Crippen LogP contribution is 2.35. The van der Waals surface area contributed by atoms with Gasteiger partial charge in [0.15, 0.2) is 0 Å². The molecule has 1 aliphatic heterocycles. The minimum absolute atomic E-state index is 0. The Morgan fingerprint density at radius 3 is 2.65 bits per heavy atom. The lowest BCUT2D eigenvalue weighted by molar-refractivity contribution is -0.136. The number of carbonyl (C=O) groups is 1. The van der Waals surface area contributed by atoms with Crippen LogP contribution < -0.4 is 5.73 Å². The zero-order chi connectivity index (χ0) is 13.2. The highest BCUT2D eigenvalue weighted by molar-refractivity contribution is 5.85. The van der Waals surface area contributed by atoms with Gasteiger partial charge >= 0.3 is 0 Å². The lowest BCUT2D eigenvalue weighted by Gasteiger charge is -2.27. The Balaban J connectivity index is 0.00000147. The fourth-order valence-corrected chi connectivity index (χ4v) is 3.44. The van der Waals surface area contributed by atoms with Crippen molar-refractivity contribution in [3.05, 3.63) is 30.1 Å². The second kappa shape index (κ2) is 6.55. The average molecular weight is 296 g/mol. The van der Waals surface area contributed by atoms with E-state index < -0.39 is 0 Å². The second-order valence-corrected chi connectivity index (χ2v) is 5.74. The first kappa shape index (κ1) is 15.3. The number of rotatable bonds is 2. The Bertz CT molecular complexity index is 454. The number of pyridine rings is 1. The molecule has 3 atom stereocenters. The molecule has 3 unspecified atom stereocenters. The summed E-state index contributed by atoms with van der Waals surface area (Å²) in [6, 6.07) is 4.51. The molecule has 1 aromatic heterocycles. The van der Waals surface area contributed by atoms with E-state index in [0.29, 0.717) is 5.91 Å². The fraction of sp³-hybridized carbons (Fsp3) is 0.600. The summed E-state index contributed by atoms with van der Waals surface area (Å²) >= 11 is 0. The minimum Gasteiger partial charge on any atom is -0.335 e. The fourth-order valence-electron chi connectivity index (χ4n) is 3.44. The van der Waals surface area contributed by atoms with Gasteiger partial charge in [0.05, 0.1) is 6.04 Å². The Kier molecular flexibility index (Phi) is 5.00. The van der Waals surface area contributed by atoms with Gasteiger partial charge in [-0.25, -0.2) is 0 Å². The molecule has 2 heterocycles. The van der Waals surface area contributed by atoms with Crippen LogP contribution in [0.25, 0.3) is 0 Å². The van der Waals surface area contributed by atoms with Gasteiger partial charge in [-0.05, 0) is 49.8 Å². The van der Waals surface area contributed by atoms with Crippen molar-refractivity contribution < 1.29 is 4.79 Å². The van der Waals surface area contributed by atoms with Crippen LogP contribution in [0.4, 0.5) is 0 Å². The summed E-state index contributed by atoms with van der Waals surface area (Å²) in [5.41, 5.74) is 7.14. The van der Waals surface area contributed by atoms with E-state index in [1.165, 1.54) is 5.56 Å². The summed E-state index contributed by atoms with van der Waals surface area (Å²) in [6.07, 6.45) is 8.58. The third-order valence-corrected chi connectivity index (χ3v) is 4.45. The lowest BCUT2D eigenvalue weighted by Crippen LogP contribution is -2.35. The smallest absolute Gasteiger partial charge is 0.226 e. The van der Waals surface area contributed by atoms with Gasteiger partial charge in [-0.2, -0.15) is 0 Å². The summed E-state index contributed by atoms with van der Waals surface area (Å²) in [5.74, 6) is 0.463. The molecular weight excluding hydrogens is 274 g/mol. The van der Waals surface area contributed by atoms with Gasteiger partial charge in [0, 0.05) is 30.9 Å². The van der Waals surface area contributed by atoms with Gasteiger partial charge in [-0.15, -0.1) is 12.4 Å². The number of halogens is 1. The van der Waals surface area contributed by atoms with Crippen LogP contribution in [0.3, 0.4) is 0 Å². The van der Waals surface area contributed by atoms with Gasteiger partial charge in [-0.1, -0.05) is 0 Å². The molecule has 3 rings (SSSR count). The predicted octanol–water partition coefficient (Wildman–Crippen LogP) is 2.29. The zero-order valence-electron chi connectivity index (χ0n) is 11.6. The summed E-state index contributed by atoms with van der Waals surface area (Å²) in [7, 11) is 0. The highest BCUT2D eigenvalue weighted by atomic mass is 35.5. The first-order valence-electron chi connectivity index (χ1n) is 7.21. The van der Waals surface area contributed by atoms with Crippen molar-refractivity contribution in [1.82, 2.24) is 9.88 Å². The Morgan fingerprint density at radius 1 is 1.25 bits per heavy atom. The normalized spacial score (nSPS) is 29.2. The Hall–Kier alpha value is -1.13. The molecule has 0 aromatic carbocycles. The van der Waals surface area contributed by atoms with Crippen molar-refractivity contribution in [3.63, 3.8) is 0 Å². The van der Waals surface area contributed by atoms with E-state index in [4.69, 9.17) is 5.73 Å². The maximum Gasteiger partial charge on any atom is 0.226 e. The van der Waals surface area contributed by atoms with E-state index in [-0.39, 0.29) is 30.4 Å². The number of hydrogen-bond donors (Lipinski definition) is 1. The van der Waals surface area contributed by atoms with Crippen LogP contribution in [-0.2, 0) is 4.79 Å². The van der Waals surface area contributed by atoms with Gasteiger partial charge in [0.1, 0.15) is 0 Å². The van der Waals surface area contributed by atoms with Crippen LogP contribution in [-0.4, -0.2) is 28.4 Å². The van der Waals surface area contributed by atoms with E-state index in [0.717, 1.165) is 38.6 Å². The number of likely N-dealkylation sites (tertiary alicyclic amines) is 1. The second-order valence-electron chi connectivity index (χ2n) is 5.74. The van der Waals surface area contributed by atoms with Crippen LogP contribution in [0.2, 0.25) is 0 Å². The maximum absolute atomic E-state index is 12.6. The number of nitrogens with two attached hydrogens (primary N) is 1. The van der Waals surface area contributed by atoms with E-state index in [1.807, 2.05) is 24.5 Å². The standard InChI is InChI=1S/C15H21N3O.ClH/c16-13-4-3-12(10-13)15(19)18-9-1-2-14(18)11-5-7-17-8-6-11;/h5-8,12-14H,1-4,9-10,16H2;1H. The van der Waals surface area contributed by atoms with Crippen LogP contribution in [0.15, 0.2) is 24.5 Å². The number of amides is 1.